The fraction of sp³-hybridized carbons (Fsp3) is 0.367. The van der Waals surface area contributed by atoms with Crippen LogP contribution in [0.1, 0.15) is 65.6 Å². The molecule has 2 aliphatic rings. The topological polar surface area (TPSA) is 89.7 Å². The lowest BCUT2D eigenvalue weighted by atomic mass is 9.88. The minimum atomic E-state index is -3.23. The first-order valence-electron chi connectivity index (χ1n) is 13.4. The summed E-state index contributed by atoms with van der Waals surface area (Å²) in [6.07, 6.45) is 3.29. The Balaban J connectivity index is 1.19. The molecule has 6 rings (SSSR count). The molecule has 1 atom stereocenters. The van der Waals surface area contributed by atoms with Crippen molar-refractivity contribution in [2.45, 2.75) is 50.9 Å². The number of nitrogens with zero attached hydrogens (tertiary/aromatic N) is 4. The standard InChI is InChI=1S/C30H29ClF2N4O4/c1-29(32,33)21-13-18(28(38)39)14-22-26(21)35-25(36(22)3)16-37-11-9-17(10-12-37)20-5-4-6-23-27(20)41-30(2,40-23)24-8-7-19(31)15-34-24/h4-8,13-15,17H,9-12,16H2,1-3H3,(H,38,39)/t30-/m0/s1. The van der Waals surface area contributed by atoms with Crippen LogP contribution in [0, 0.1) is 0 Å². The van der Waals surface area contributed by atoms with E-state index >= 15 is 0 Å². The number of aryl methyl sites for hydroxylation is 1. The van der Waals surface area contributed by atoms with Crippen LogP contribution < -0.4 is 9.47 Å². The lowest BCUT2D eigenvalue weighted by Crippen LogP contribution is -2.34. The molecule has 0 aliphatic carbocycles. The Kier molecular flexibility index (Phi) is 6.66. The van der Waals surface area contributed by atoms with Gasteiger partial charge >= 0.3 is 5.97 Å². The summed E-state index contributed by atoms with van der Waals surface area (Å²) < 4.78 is 43.1. The number of para-hydroxylation sites is 1. The molecule has 8 nitrogen and oxygen atoms in total. The number of imidazole rings is 1. The third-order valence-electron chi connectivity index (χ3n) is 8.00. The molecule has 0 amide bonds. The molecule has 1 N–H and O–H groups in total. The predicted octanol–water partition coefficient (Wildman–Crippen LogP) is 6.46. The summed E-state index contributed by atoms with van der Waals surface area (Å²) in [5, 5.41) is 9.99. The van der Waals surface area contributed by atoms with Crippen LogP contribution in [0.15, 0.2) is 48.7 Å². The Morgan fingerprint density at radius 1 is 1.20 bits per heavy atom. The van der Waals surface area contributed by atoms with E-state index < -0.39 is 17.7 Å². The number of carboxylic acid groups (broad SMARTS) is 1. The Morgan fingerprint density at radius 2 is 1.95 bits per heavy atom. The number of hydrogen-bond acceptors (Lipinski definition) is 6. The van der Waals surface area contributed by atoms with Crippen molar-refractivity contribution in [1.29, 1.82) is 0 Å². The lowest BCUT2D eigenvalue weighted by molar-refractivity contribution is -0.0722. The summed E-state index contributed by atoms with van der Waals surface area (Å²) in [6, 6.07) is 11.9. The monoisotopic (exact) mass is 582 g/mol. The smallest absolute Gasteiger partial charge is 0.335 e. The number of ether oxygens (including phenoxy) is 2. The molecule has 1 fully saturated rings. The number of aromatic nitrogens is 3. The molecule has 4 heterocycles. The molecule has 0 unspecified atom stereocenters. The van der Waals surface area contributed by atoms with E-state index in [2.05, 4.69) is 20.9 Å². The van der Waals surface area contributed by atoms with Gasteiger partial charge in [0.15, 0.2) is 11.5 Å². The Morgan fingerprint density at radius 3 is 2.61 bits per heavy atom. The summed E-state index contributed by atoms with van der Waals surface area (Å²) in [5.41, 5.74) is 1.65. The van der Waals surface area contributed by atoms with Gasteiger partial charge in [0.05, 0.1) is 28.2 Å². The number of rotatable bonds is 6. The Bertz CT molecular complexity index is 1650. The van der Waals surface area contributed by atoms with Crippen LogP contribution in [0.25, 0.3) is 11.0 Å². The molecule has 2 aliphatic heterocycles. The van der Waals surface area contributed by atoms with Gasteiger partial charge in [0.25, 0.3) is 11.7 Å². The molecule has 0 bridgehead atoms. The quantitative estimate of drug-likeness (QED) is 0.279. The molecule has 214 valence electrons. The number of piperidine rings is 1. The molecule has 2 aromatic carbocycles. The van der Waals surface area contributed by atoms with E-state index in [1.807, 2.05) is 19.1 Å². The van der Waals surface area contributed by atoms with E-state index in [4.69, 9.17) is 21.1 Å². The molecule has 41 heavy (non-hydrogen) atoms. The highest BCUT2D eigenvalue weighted by molar-refractivity contribution is 6.30. The minimum absolute atomic E-state index is 0.130. The van der Waals surface area contributed by atoms with E-state index in [-0.39, 0.29) is 22.6 Å². The number of carboxylic acids is 1. The first kappa shape index (κ1) is 27.4. The van der Waals surface area contributed by atoms with Gasteiger partial charge in [0.2, 0.25) is 0 Å². The SMILES string of the molecule is Cn1c(CN2CCC(c3cccc4c3O[C@@](C)(c3ccc(Cl)cn3)O4)CC2)nc2c(C(C)(F)F)cc(C(=O)O)cc21. The second kappa shape index (κ2) is 9.95. The highest BCUT2D eigenvalue weighted by Gasteiger charge is 2.42. The molecular formula is C30H29ClF2N4O4. The number of pyridine rings is 1. The maximum Gasteiger partial charge on any atom is 0.335 e. The lowest BCUT2D eigenvalue weighted by Gasteiger charge is -2.32. The number of likely N-dealkylation sites (tertiary alicyclic amines) is 1. The van der Waals surface area contributed by atoms with Gasteiger partial charge in [0, 0.05) is 38.2 Å². The molecule has 0 radical (unpaired) electrons. The first-order valence-corrected chi connectivity index (χ1v) is 13.8. The highest BCUT2D eigenvalue weighted by atomic mass is 35.5. The van der Waals surface area contributed by atoms with Crippen LogP contribution in [-0.2, 0) is 25.3 Å². The van der Waals surface area contributed by atoms with Crippen molar-refractivity contribution in [3.05, 3.63) is 81.9 Å². The number of benzene rings is 2. The van der Waals surface area contributed by atoms with E-state index in [0.29, 0.717) is 34.4 Å². The van der Waals surface area contributed by atoms with E-state index in [0.717, 1.165) is 50.2 Å². The number of halogens is 3. The number of alkyl halides is 2. The number of fused-ring (bicyclic) bond motifs is 2. The average Bonchev–Trinajstić information content (AvgIpc) is 3.44. The van der Waals surface area contributed by atoms with Gasteiger partial charge in [-0.1, -0.05) is 23.7 Å². The average molecular weight is 583 g/mol. The summed E-state index contributed by atoms with van der Waals surface area (Å²) in [7, 11) is 1.73. The van der Waals surface area contributed by atoms with Crippen LogP contribution >= 0.6 is 11.6 Å². The van der Waals surface area contributed by atoms with Gasteiger partial charge in [-0.25, -0.2) is 18.6 Å². The van der Waals surface area contributed by atoms with Gasteiger partial charge in [-0.3, -0.25) is 9.88 Å². The first-order chi connectivity index (χ1) is 19.4. The van der Waals surface area contributed by atoms with Crippen LogP contribution in [-0.4, -0.2) is 43.6 Å². The molecule has 0 spiro atoms. The van der Waals surface area contributed by atoms with Crippen molar-refractivity contribution < 1.29 is 28.2 Å². The van der Waals surface area contributed by atoms with E-state index in [1.54, 1.807) is 29.9 Å². The number of hydrogen-bond donors (Lipinski definition) is 1. The van der Waals surface area contributed by atoms with E-state index in [1.165, 1.54) is 6.07 Å². The van der Waals surface area contributed by atoms with Crippen molar-refractivity contribution in [2.75, 3.05) is 13.1 Å². The van der Waals surface area contributed by atoms with E-state index in [9.17, 15) is 18.7 Å². The molecule has 4 aromatic rings. The molecule has 11 heteroatoms. The van der Waals surface area contributed by atoms with Crippen LogP contribution in [0.2, 0.25) is 5.02 Å². The van der Waals surface area contributed by atoms with Gasteiger partial charge < -0.3 is 19.1 Å². The van der Waals surface area contributed by atoms with Gasteiger partial charge in [-0.2, -0.15) is 0 Å². The molecular weight excluding hydrogens is 554 g/mol. The van der Waals surface area contributed by atoms with Crippen molar-refractivity contribution in [3.8, 4) is 11.5 Å². The van der Waals surface area contributed by atoms with Gasteiger partial charge in [0.1, 0.15) is 11.5 Å². The third-order valence-corrected chi connectivity index (χ3v) is 8.22. The molecule has 1 saturated heterocycles. The summed E-state index contributed by atoms with van der Waals surface area (Å²) in [6.45, 7) is 4.60. The van der Waals surface area contributed by atoms with Crippen molar-refractivity contribution in [2.24, 2.45) is 7.05 Å². The second-order valence-corrected chi connectivity index (χ2v) is 11.3. The van der Waals surface area contributed by atoms with Gasteiger partial charge in [-0.15, -0.1) is 0 Å². The van der Waals surface area contributed by atoms with Crippen molar-refractivity contribution in [3.63, 3.8) is 0 Å². The van der Waals surface area contributed by atoms with Crippen molar-refractivity contribution in [1.82, 2.24) is 19.4 Å². The van der Waals surface area contributed by atoms with Crippen molar-refractivity contribution >= 4 is 28.6 Å². The summed E-state index contributed by atoms with van der Waals surface area (Å²) in [4.78, 5) is 22.8. The van der Waals surface area contributed by atoms with Crippen LogP contribution in [0.3, 0.4) is 0 Å². The number of carbonyl (C=O) groups is 1. The molecule has 0 saturated carbocycles. The van der Waals surface area contributed by atoms with Crippen LogP contribution in [0.5, 0.6) is 11.5 Å². The fourth-order valence-corrected chi connectivity index (χ4v) is 5.87. The summed E-state index contributed by atoms with van der Waals surface area (Å²) >= 11 is 6.01. The zero-order valence-corrected chi connectivity index (χ0v) is 23.6. The normalized spacial score (nSPS) is 19.7. The second-order valence-electron chi connectivity index (χ2n) is 10.9. The number of aromatic carboxylic acids is 1. The highest BCUT2D eigenvalue weighted by Crippen LogP contribution is 2.49. The largest absolute Gasteiger partial charge is 0.478 e. The zero-order chi connectivity index (χ0) is 29.1. The Hall–Kier alpha value is -3.76. The maximum absolute atomic E-state index is 14.4. The minimum Gasteiger partial charge on any atom is -0.478 e. The third kappa shape index (κ3) is 4.99. The van der Waals surface area contributed by atoms with Gasteiger partial charge in [-0.05, 0) is 62.2 Å². The Labute approximate surface area is 240 Å². The molecule has 2 aromatic heterocycles. The fourth-order valence-electron chi connectivity index (χ4n) is 5.76. The summed E-state index contributed by atoms with van der Waals surface area (Å²) in [5.74, 6) is -3.29. The van der Waals surface area contributed by atoms with Crippen LogP contribution in [0.4, 0.5) is 8.78 Å². The maximum atomic E-state index is 14.4. The predicted molar refractivity (Wildman–Crippen MR) is 149 cm³/mol. The zero-order valence-electron chi connectivity index (χ0n) is 22.8.